The van der Waals surface area contributed by atoms with Crippen LogP contribution in [0.1, 0.15) is 30.4 Å². The summed E-state index contributed by atoms with van der Waals surface area (Å²) < 4.78 is 0. The van der Waals surface area contributed by atoms with E-state index in [0.29, 0.717) is 27.3 Å². The predicted molar refractivity (Wildman–Crippen MR) is 109 cm³/mol. The van der Waals surface area contributed by atoms with Gasteiger partial charge in [0.25, 0.3) is 0 Å². The fourth-order valence-electron chi connectivity index (χ4n) is 2.82. The van der Waals surface area contributed by atoms with E-state index in [2.05, 4.69) is 28.1 Å². The third kappa shape index (κ3) is 5.37. The molecule has 1 amide bonds. The van der Waals surface area contributed by atoms with Crippen LogP contribution in [0, 0.1) is 11.3 Å². The number of anilines is 1. The fourth-order valence-corrected chi connectivity index (χ4v) is 4.52. The van der Waals surface area contributed by atoms with Crippen molar-refractivity contribution in [3.05, 3.63) is 41.5 Å². The van der Waals surface area contributed by atoms with E-state index in [1.165, 1.54) is 29.9 Å². The first-order chi connectivity index (χ1) is 13.2. The van der Waals surface area contributed by atoms with Crippen molar-refractivity contribution < 1.29 is 4.79 Å². The minimum absolute atomic E-state index is 0.0912. The lowest BCUT2D eigenvalue weighted by Crippen LogP contribution is -2.31. The topological polar surface area (TPSA) is 95.9 Å². The number of benzene rings is 1. The van der Waals surface area contributed by atoms with Gasteiger partial charge in [-0.2, -0.15) is 5.26 Å². The Bertz CT molecular complexity index is 832. The molecule has 140 valence electrons. The van der Waals surface area contributed by atoms with Crippen LogP contribution in [0.25, 0.3) is 0 Å². The summed E-state index contributed by atoms with van der Waals surface area (Å²) in [6.45, 7) is 1.82. The number of thioether (sulfide) groups is 2. The van der Waals surface area contributed by atoms with Crippen molar-refractivity contribution in [2.24, 2.45) is 5.73 Å². The van der Waals surface area contributed by atoms with E-state index in [4.69, 9.17) is 10.7 Å². The molecule has 0 aliphatic carbocycles. The van der Waals surface area contributed by atoms with Crippen LogP contribution >= 0.6 is 23.5 Å². The largest absolute Gasteiger partial charge is 0.369 e. The maximum atomic E-state index is 11.2. The van der Waals surface area contributed by atoms with Gasteiger partial charge in [0.1, 0.15) is 21.7 Å². The summed E-state index contributed by atoms with van der Waals surface area (Å²) >= 11 is 2.73. The molecule has 1 fully saturated rings. The number of carbonyl (C=O) groups is 1. The van der Waals surface area contributed by atoms with Crippen LogP contribution in [0.3, 0.4) is 0 Å². The van der Waals surface area contributed by atoms with Gasteiger partial charge in [0.05, 0.1) is 5.75 Å². The molecular weight excluding hydrogens is 378 g/mol. The predicted octanol–water partition coefficient (Wildman–Crippen LogP) is 3.21. The molecule has 6 nitrogen and oxygen atoms in total. The van der Waals surface area contributed by atoms with Crippen molar-refractivity contribution in [3.63, 3.8) is 0 Å². The summed E-state index contributed by atoms with van der Waals surface area (Å²) in [5, 5.41) is 10.9. The first-order valence-corrected chi connectivity index (χ1v) is 10.8. The number of piperidine rings is 1. The average Bonchev–Trinajstić information content (AvgIpc) is 2.71. The van der Waals surface area contributed by atoms with Gasteiger partial charge in [0.15, 0.2) is 0 Å². The molecule has 1 saturated heterocycles. The molecule has 0 bridgehead atoms. The van der Waals surface area contributed by atoms with Gasteiger partial charge in [-0.05, 0) is 24.8 Å². The third-order valence-electron chi connectivity index (χ3n) is 4.15. The summed E-state index contributed by atoms with van der Waals surface area (Å²) in [6, 6.07) is 12.3. The zero-order chi connectivity index (χ0) is 19.1. The molecule has 1 aromatic heterocycles. The molecule has 8 heteroatoms. The maximum Gasteiger partial charge on any atom is 0.227 e. The third-order valence-corrected chi connectivity index (χ3v) is 6.20. The molecule has 2 N–H and O–H groups in total. The molecule has 0 saturated carbocycles. The summed E-state index contributed by atoms with van der Waals surface area (Å²) in [5.41, 5.74) is 6.87. The highest BCUT2D eigenvalue weighted by Crippen LogP contribution is 2.32. The number of primary amides is 1. The molecule has 1 aromatic carbocycles. The van der Waals surface area contributed by atoms with Crippen LogP contribution in [0.4, 0.5) is 5.95 Å². The van der Waals surface area contributed by atoms with Crippen LogP contribution in [0.5, 0.6) is 0 Å². The second kappa shape index (κ2) is 9.62. The summed E-state index contributed by atoms with van der Waals surface area (Å²) in [6.07, 6.45) is 3.44. The van der Waals surface area contributed by atoms with Gasteiger partial charge in [-0.15, -0.1) is 11.8 Å². The summed E-state index contributed by atoms with van der Waals surface area (Å²) in [4.78, 5) is 22.7. The van der Waals surface area contributed by atoms with E-state index in [1.54, 1.807) is 0 Å². The summed E-state index contributed by atoms with van der Waals surface area (Å²) in [5.74, 6) is 1.01. The Kier molecular flexibility index (Phi) is 6.96. The van der Waals surface area contributed by atoms with Gasteiger partial charge in [0, 0.05) is 18.8 Å². The number of nitriles is 1. The zero-order valence-corrected chi connectivity index (χ0v) is 16.6. The Morgan fingerprint density at radius 1 is 1.11 bits per heavy atom. The highest BCUT2D eigenvalue weighted by molar-refractivity contribution is 8.00. The Balaban J connectivity index is 1.91. The van der Waals surface area contributed by atoms with Gasteiger partial charge in [-0.25, -0.2) is 9.97 Å². The van der Waals surface area contributed by atoms with Crippen molar-refractivity contribution in [2.75, 3.05) is 23.7 Å². The molecular formula is C19H21N5OS2. The zero-order valence-electron chi connectivity index (χ0n) is 14.9. The molecule has 2 aromatic rings. The Hall–Kier alpha value is -2.24. The Morgan fingerprint density at radius 3 is 2.41 bits per heavy atom. The standard InChI is InChI=1S/C19H21N5OS2/c20-11-15-17(26-12-14-7-3-1-4-8-14)22-19(24-9-5-2-6-10-24)23-18(15)27-13-16(21)25/h1,3-4,7-8H,2,5-6,9-10,12-13H2,(H2,21,25). The number of nitrogens with two attached hydrogens (primary N) is 1. The molecule has 0 unspecified atom stereocenters. The second-order valence-corrected chi connectivity index (χ2v) is 8.13. The van der Waals surface area contributed by atoms with Crippen molar-refractivity contribution in [1.82, 2.24) is 9.97 Å². The highest BCUT2D eigenvalue weighted by Gasteiger charge is 2.20. The highest BCUT2D eigenvalue weighted by atomic mass is 32.2. The Labute approximate surface area is 167 Å². The van der Waals surface area contributed by atoms with Crippen molar-refractivity contribution in [3.8, 4) is 6.07 Å². The number of amides is 1. The molecule has 0 radical (unpaired) electrons. The first-order valence-electron chi connectivity index (χ1n) is 8.82. The maximum absolute atomic E-state index is 11.2. The van der Waals surface area contributed by atoms with E-state index >= 15 is 0 Å². The van der Waals surface area contributed by atoms with E-state index in [9.17, 15) is 10.1 Å². The van der Waals surface area contributed by atoms with Gasteiger partial charge in [0.2, 0.25) is 11.9 Å². The summed E-state index contributed by atoms with van der Waals surface area (Å²) in [7, 11) is 0. The molecule has 0 spiro atoms. The number of aromatic nitrogens is 2. The number of carbonyl (C=O) groups excluding carboxylic acids is 1. The molecule has 2 heterocycles. The van der Waals surface area contributed by atoms with Crippen molar-refractivity contribution >= 4 is 35.4 Å². The molecule has 27 heavy (non-hydrogen) atoms. The lowest BCUT2D eigenvalue weighted by molar-refractivity contribution is -0.115. The van der Waals surface area contributed by atoms with Crippen molar-refractivity contribution in [1.29, 1.82) is 5.26 Å². The number of nitrogens with zero attached hydrogens (tertiary/aromatic N) is 4. The van der Waals surface area contributed by atoms with Crippen LogP contribution in [0.15, 0.2) is 40.4 Å². The monoisotopic (exact) mass is 399 g/mol. The number of hydrogen-bond donors (Lipinski definition) is 1. The second-order valence-electron chi connectivity index (χ2n) is 6.20. The minimum Gasteiger partial charge on any atom is -0.369 e. The van der Waals surface area contributed by atoms with Crippen LogP contribution in [-0.4, -0.2) is 34.7 Å². The molecule has 0 atom stereocenters. The van der Waals surface area contributed by atoms with Crippen LogP contribution in [-0.2, 0) is 10.5 Å². The Morgan fingerprint density at radius 2 is 1.78 bits per heavy atom. The fraction of sp³-hybridized carbons (Fsp3) is 0.368. The molecule has 1 aliphatic rings. The van der Waals surface area contributed by atoms with Gasteiger partial charge < -0.3 is 10.6 Å². The minimum atomic E-state index is -0.430. The smallest absolute Gasteiger partial charge is 0.227 e. The number of hydrogen-bond acceptors (Lipinski definition) is 7. The normalized spacial score (nSPS) is 14.0. The lowest BCUT2D eigenvalue weighted by atomic mass is 10.1. The lowest BCUT2D eigenvalue weighted by Gasteiger charge is -2.27. The van der Waals surface area contributed by atoms with Gasteiger partial charge >= 0.3 is 0 Å². The SMILES string of the molecule is N#Cc1c(SCC(N)=O)nc(N2CCCCC2)nc1SCc1ccccc1. The number of rotatable bonds is 7. The van der Waals surface area contributed by atoms with Gasteiger partial charge in [-0.1, -0.05) is 42.1 Å². The molecule has 3 rings (SSSR count). The van der Waals surface area contributed by atoms with Crippen molar-refractivity contribution in [2.45, 2.75) is 35.1 Å². The first kappa shape index (κ1) is 19.5. The van der Waals surface area contributed by atoms with Gasteiger partial charge in [-0.3, -0.25) is 4.79 Å². The van der Waals surface area contributed by atoms with E-state index in [-0.39, 0.29) is 5.75 Å². The van der Waals surface area contributed by atoms with E-state index in [1.807, 2.05) is 18.2 Å². The quantitative estimate of drug-likeness (QED) is 0.564. The average molecular weight is 400 g/mol. The van der Waals surface area contributed by atoms with Crippen LogP contribution < -0.4 is 10.6 Å². The van der Waals surface area contributed by atoms with E-state index < -0.39 is 5.91 Å². The van der Waals surface area contributed by atoms with E-state index in [0.717, 1.165) is 31.5 Å². The molecule has 1 aliphatic heterocycles. The van der Waals surface area contributed by atoms with Crippen LogP contribution in [0.2, 0.25) is 0 Å².